The maximum atomic E-state index is 12.3. The van der Waals surface area contributed by atoms with Crippen LogP contribution in [0.2, 0.25) is 0 Å². The highest BCUT2D eigenvalue weighted by molar-refractivity contribution is 7.20. The van der Waals surface area contributed by atoms with Gasteiger partial charge in [0.05, 0.1) is 16.3 Å². The summed E-state index contributed by atoms with van der Waals surface area (Å²) in [7, 11) is 0. The molecule has 0 saturated carbocycles. The SMILES string of the molecule is O=C(NC1CN(c2ccccn2)C1)c1nc2ccccc2s1. The van der Waals surface area contributed by atoms with Gasteiger partial charge in [0.2, 0.25) is 0 Å². The first-order valence-corrected chi connectivity index (χ1v) is 7.94. The smallest absolute Gasteiger partial charge is 0.280 e. The monoisotopic (exact) mass is 310 g/mol. The van der Waals surface area contributed by atoms with Crippen LogP contribution in [0.4, 0.5) is 5.82 Å². The lowest BCUT2D eigenvalue weighted by molar-refractivity contribution is 0.0930. The molecule has 6 heteroatoms. The van der Waals surface area contributed by atoms with Gasteiger partial charge >= 0.3 is 0 Å². The zero-order valence-corrected chi connectivity index (χ0v) is 12.6. The number of aromatic nitrogens is 2. The normalized spacial score (nSPS) is 14.8. The first-order valence-electron chi connectivity index (χ1n) is 7.12. The Morgan fingerprint density at radius 2 is 2.00 bits per heavy atom. The van der Waals surface area contributed by atoms with Gasteiger partial charge in [0.1, 0.15) is 5.82 Å². The number of anilines is 1. The molecule has 3 heterocycles. The van der Waals surface area contributed by atoms with E-state index in [9.17, 15) is 4.79 Å². The van der Waals surface area contributed by atoms with E-state index in [1.807, 2.05) is 42.5 Å². The van der Waals surface area contributed by atoms with Crippen LogP contribution in [-0.2, 0) is 0 Å². The summed E-state index contributed by atoms with van der Waals surface area (Å²) < 4.78 is 1.04. The van der Waals surface area contributed by atoms with Crippen molar-refractivity contribution < 1.29 is 4.79 Å². The molecule has 0 atom stereocenters. The molecule has 1 fully saturated rings. The molecule has 3 aromatic rings. The number of rotatable bonds is 3. The summed E-state index contributed by atoms with van der Waals surface area (Å²) in [5, 5.41) is 3.56. The van der Waals surface area contributed by atoms with Crippen LogP contribution in [0.1, 0.15) is 9.80 Å². The second kappa shape index (κ2) is 5.38. The number of carbonyl (C=O) groups is 1. The highest BCUT2D eigenvalue weighted by Gasteiger charge is 2.29. The number of fused-ring (bicyclic) bond motifs is 1. The molecular formula is C16H14N4OS. The van der Waals surface area contributed by atoms with Crippen LogP contribution in [-0.4, -0.2) is 35.0 Å². The molecule has 1 aromatic carbocycles. The van der Waals surface area contributed by atoms with Crippen molar-refractivity contribution in [1.82, 2.24) is 15.3 Å². The van der Waals surface area contributed by atoms with Gasteiger partial charge in [-0.25, -0.2) is 9.97 Å². The number of thiazole rings is 1. The van der Waals surface area contributed by atoms with Crippen LogP contribution in [0, 0.1) is 0 Å². The van der Waals surface area contributed by atoms with E-state index in [1.54, 1.807) is 6.20 Å². The molecule has 0 aliphatic carbocycles. The third kappa shape index (κ3) is 2.42. The number of amides is 1. The van der Waals surface area contributed by atoms with Gasteiger partial charge < -0.3 is 10.2 Å². The van der Waals surface area contributed by atoms with Crippen LogP contribution in [0.25, 0.3) is 10.2 Å². The zero-order valence-electron chi connectivity index (χ0n) is 11.8. The molecule has 1 amide bonds. The third-order valence-electron chi connectivity index (χ3n) is 3.68. The lowest BCUT2D eigenvalue weighted by Gasteiger charge is -2.40. The summed E-state index contributed by atoms with van der Waals surface area (Å²) in [5.41, 5.74) is 0.876. The van der Waals surface area contributed by atoms with Crippen LogP contribution in [0.5, 0.6) is 0 Å². The van der Waals surface area contributed by atoms with Gasteiger partial charge in [-0.2, -0.15) is 0 Å². The second-order valence-electron chi connectivity index (χ2n) is 5.25. The van der Waals surface area contributed by atoms with Gasteiger partial charge in [-0.1, -0.05) is 18.2 Å². The van der Waals surface area contributed by atoms with E-state index in [4.69, 9.17) is 0 Å². The van der Waals surface area contributed by atoms with Crippen LogP contribution >= 0.6 is 11.3 Å². The summed E-state index contributed by atoms with van der Waals surface area (Å²) in [6, 6.07) is 13.8. The van der Waals surface area contributed by atoms with Crippen molar-refractivity contribution >= 4 is 33.3 Å². The fourth-order valence-corrected chi connectivity index (χ4v) is 3.38. The first-order chi connectivity index (χ1) is 10.8. The van der Waals surface area contributed by atoms with Crippen molar-refractivity contribution in [2.24, 2.45) is 0 Å². The maximum absolute atomic E-state index is 12.3. The van der Waals surface area contributed by atoms with E-state index < -0.39 is 0 Å². The fraction of sp³-hybridized carbons (Fsp3) is 0.188. The van der Waals surface area contributed by atoms with E-state index in [-0.39, 0.29) is 11.9 Å². The summed E-state index contributed by atoms with van der Waals surface area (Å²) >= 11 is 1.43. The molecular weight excluding hydrogens is 296 g/mol. The molecule has 0 bridgehead atoms. The standard InChI is InChI=1S/C16H14N4OS/c21-15(16-19-12-5-1-2-6-13(12)22-16)18-11-9-20(10-11)14-7-3-4-8-17-14/h1-8,11H,9-10H2,(H,18,21). The molecule has 5 nitrogen and oxygen atoms in total. The Kier molecular flexibility index (Phi) is 3.23. The lowest BCUT2D eigenvalue weighted by atomic mass is 10.1. The predicted octanol–water partition coefficient (Wildman–Crippen LogP) is 2.31. The lowest BCUT2D eigenvalue weighted by Crippen LogP contribution is -2.59. The summed E-state index contributed by atoms with van der Waals surface area (Å²) in [6.45, 7) is 1.57. The molecule has 2 aromatic heterocycles. The molecule has 0 unspecified atom stereocenters. The molecule has 1 aliphatic heterocycles. The van der Waals surface area contributed by atoms with Crippen molar-refractivity contribution in [3.05, 3.63) is 53.7 Å². The van der Waals surface area contributed by atoms with Crippen molar-refractivity contribution in [3.63, 3.8) is 0 Å². The zero-order chi connectivity index (χ0) is 14.9. The fourth-order valence-electron chi connectivity index (χ4n) is 2.51. The van der Waals surface area contributed by atoms with E-state index in [2.05, 4.69) is 20.2 Å². The Morgan fingerprint density at radius 3 is 2.77 bits per heavy atom. The quantitative estimate of drug-likeness (QED) is 0.806. The van der Waals surface area contributed by atoms with E-state index in [0.29, 0.717) is 5.01 Å². The van der Waals surface area contributed by atoms with Gasteiger partial charge in [0, 0.05) is 19.3 Å². The topological polar surface area (TPSA) is 58.1 Å². The Bertz CT molecular complexity index is 778. The minimum atomic E-state index is -0.0909. The number of hydrogen-bond donors (Lipinski definition) is 1. The summed E-state index contributed by atoms with van der Waals surface area (Å²) in [4.78, 5) is 23.1. The molecule has 0 radical (unpaired) electrons. The third-order valence-corrected chi connectivity index (χ3v) is 4.71. The highest BCUT2D eigenvalue weighted by Crippen LogP contribution is 2.22. The minimum Gasteiger partial charge on any atom is -0.352 e. The number of benzene rings is 1. The van der Waals surface area contributed by atoms with Gasteiger partial charge in [0.25, 0.3) is 5.91 Å². The van der Waals surface area contributed by atoms with E-state index in [1.165, 1.54) is 11.3 Å². The van der Waals surface area contributed by atoms with Crippen LogP contribution < -0.4 is 10.2 Å². The highest BCUT2D eigenvalue weighted by atomic mass is 32.1. The van der Waals surface area contributed by atoms with E-state index >= 15 is 0 Å². The minimum absolute atomic E-state index is 0.0909. The number of hydrogen-bond acceptors (Lipinski definition) is 5. The molecule has 0 spiro atoms. The Balaban J connectivity index is 1.39. The largest absolute Gasteiger partial charge is 0.352 e. The summed E-state index contributed by atoms with van der Waals surface area (Å²) in [6.07, 6.45) is 1.78. The van der Waals surface area contributed by atoms with Crippen molar-refractivity contribution in [2.75, 3.05) is 18.0 Å². The maximum Gasteiger partial charge on any atom is 0.280 e. The molecule has 1 N–H and O–H groups in total. The Labute approximate surface area is 131 Å². The van der Waals surface area contributed by atoms with Crippen LogP contribution in [0.15, 0.2) is 48.7 Å². The van der Waals surface area contributed by atoms with Crippen LogP contribution in [0.3, 0.4) is 0 Å². The Morgan fingerprint density at radius 1 is 1.18 bits per heavy atom. The number of para-hydroxylation sites is 1. The summed E-state index contributed by atoms with van der Waals surface area (Å²) in [5.74, 6) is 0.861. The predicted molar refractivity (Wildman–Crippen MR) is 87.3 cm³/mol. The second-order valence-corrected chi connectivity index (χ2v) is 6.28. The van der Waals surface area contributed by atoms with Crippen molar-refractivity contribution in [2.45, 2.75) is 6.04 Å². The molecule has 4 rings (SSSR count). The van der Waals surface area contributed by atoms with E-state index in [0.717, 1.165) is 29.1 Å². The number of carbonyl (C=O) groups excluding carboxylic acids is 1. The Hall–Kier alpha value is -2.47. The van der Waals surface area contributed by atoms with Gasteiger partial charge in [-0.05, 0) is 24.3 Å². The van der Waals surface area contributed by atoms with Crippen molar-refractivity contribution in [1.29, 1.82) is 0 Å². The average molecular weight is 310 g/mol. The van der Waals surface area contributed by atoms with Gasteiger partial charge in [-0.15, -0.1) is 11.3 Å². The molecule has 1 aliphatic rings. The van der Waals surface area contributed by atoms with Gasteiger partial charge in [0.15, 0.2) is 5.01 Å². The van der Waals surface area contributed by atoms with Crippen molar-refractivity contribution in [3.8, 4) is 0 Å². The molecule has 1 saturated heterocycles. The molecule has 22 heavy (non-hydrogen) atoms. The average Bonchev–Trinajstić information content (AvgIpc) is 2.95. The molecule has 110 valence electrons. The number of nitrogens with zero attached hydrogens (tertiary/aromatic N) is 3. The van der Waals surface area contributed by atoms with Gasteiger partial charge in [-0.3, -0.25) is 4.79 Å². The number of nitrogens with one attached hydrogen (secondary N) is 1. The number of pyridine rings is 1. The first kappa shape index (κ1) is 13.2.